The van der Waals surface area contributed by atoms with Crippen LogP contribution in [0.5, 0.6) is 0 Å². The molecule has 22 heavy (non-hydrogen) atoms. The fraction of sp³-hybridized carbons (Fsp3) is 0.733. The standard InChI is InChI=1S/C15H24N4O.2ClH/c16-14-3-1-2-12(14)8-15(20)19-6-4-11(5-7-19)13-9-17-18-10-13;;/h9-12,14H,1-8,16H2,(H,17,18);2*1H/t12-,14+;;/m0../s1. The number of nitrogens with one attached hydrogen (secondary N) is 1. The molecule has 1 aliphatic heterocycles. The van der Waals surface area contributed by atoms with E-state index in [9.17, 15) is 4.79 Å². The van der Waals surface area contributed by atoms with Gasteiger partial charge in [-0.15, -0.1) is 24.8 Å². The number of carbonyl (C=O) groups is 1. The van der Waals surface area contributed by atoms with Gasteiger partial charge in [-0.05, 0) is 43.1 Å². The van der Waals surface area contributed by atoms with Gasteiger partial charge in [0.1, 0.15) is 0 Å². The van der Waals surface area contributed by atoms with Gasteiger partial charge < -0.3 is 10.6 Å². The summed E-state index contributed by atoms with van der Waals surface area (Å²) in [5.74, 6) is 1.26. The number of hydrogen-bond donors (Lipinski definition) is 2. The number of H-pyrrole nitrogens is 1. The van der Waals surface area contributed by atoms with Crippen LogP contribution in [0.15, 0.2) is 12.4 Å². The molecule has 2 aliphatic rings. The maximum atomic E-state index is 12.3. The van der Waals surface area contributed by atoms with Gasteiger partial charge in [-0.1, -0.05) is 6.42 Å². The molecule has 2 atom stereocenters. The topological polar surface area (TPSA) is 75.0 Å². The van der Waals surface area contributed by atoms with Crippen molar-refractivity contribution in [1.82, 2.24) is 15.1 Å². The third-order valence-corrected chi connectivity index (χ3v) is 4.99. The predicted octanol–water partition coefficient (Wildman–Crippen LogP) is 2.48. The van der Waals surface area contributed by atoms with Gasteiger partial charge in [0.15, 0.2) is 0 Å². The Kier molecular flexibility index (Phi) is 7.66. The Morgan fingerprint density at radius 1 is 1.27 bits per heavy atom. The Morgan fingerprint density at radius 2 is 2.00 bits per heavy atom. The highest BCUT2D eigenvalue weighted by atomic mass is 35.5. The van der Waals surface area contributed by atoms with Gasteiger partial charge in [0.05, 0.1) is 6.20 Å². The predicted molar refractivity (Wildman–Crippen MR) is 91.6 cm³/mol. The summed E-state index contributed by atoms with van der Waals surface area (Å²) in [7, 11) is 0. The second kappa shape index (κ2) is 8.75. The Morgan fingerprint density at radius 3 is 2.55 bits per heavy atom. The third-order valence-electron chi connectivity index (χ3n) is 4.99. The minimum Gasteiger partial charge on any atom is -0.343 e. The summed E-state index contributed by atoms with van der Waals surface area (Å²) >= 11 is 0. The molecule has 3 rings (SSSR count). The molecule has 2 fully saturated rings. The molecule has 1 amide bonds. The van der Waals surface area contributed by atoms with Crippen molar-refractivity contribution < 1.29 is 4.79 Å². The Hall–Kier alpha value is -0.780. The molecule has 3 N–H and O–H groups in total. The van der Waals surface area contributed by atoms with Crippen LogP contribution in [-0.2, 0) is 4.79 Å². The van der Waals surface area contributed by atoms with E-state index >= 15 is 0 Å². The minimum atomic E-state index is 0. The number of nitrogens with two attached hydrogens (primary N) is 1. The van der Waals surface area contributed by atoms with Crippen molar-refractivity contribution in [3.05, 3.63) is 18.0 Å². The molecule has 1 aromatic rings. The molecule has 7 heteroatoms. The van der Waals surface area contributed by atoms with Gasteiger partial charge in [0, 0.05) is 31.7 Å². The zero-order chi connectivity index (χ0) is 13.9. The van der Waals surface area contributed by atoms with E-state index in [2.05, 4.69) is 10.2 Å². The number of amides is 1. The number of aromatic amines is 1. The van der Waals surface area contributed by atoms with E-state index in [4.69, 9.17) is 5.73 Å². The van der Waals surface area contributed by atoms with E-state index in [-0.39, 0.29) is 30.9 Å². The number of nitrogens with zero attached hydrogens (tertiary/aromatic N) is 2. The highest BCUT2D eigenvalue weighted by Crippen LogP contribution is 2.30. The van der Waals surface area contributed by atoms with Crippen LogP contribution in [0.3, 0.4) is 0 Å². The van der Waals surface area contributed by atoms with Crippen molar-refractivity contribution in [2.45, 2.75) is 50.5 Å². The molecule has 1 aromatic heterocycles. The van der Waals surface area contributed by atoms with Crippen LogP contribution in [0, 0.1) is 5.92 Å². The number of hydrogen-bond acceptors (Lipinski definition) is 3. The smallest absolute Gasteiger partial charge is 0.222 e. The SMILES string of the molecule is Cl.Cl.N[C@@H]1CCC[C@H]1CC(=O)N1CCC(c2cn[nH]c2)CC1. The molecule has 1 saturated carbocycles. The molecule has 0 bridgehead atoms. The first kappa shape index (κ1) is 19.3. The number of likely N-dealkylation sites (tertiary alicyclic amines) is 1. The van der Waals surface area contributed by atoms with Gasteiger partial charge in [0.2, 0.25) is 5.91 Å². The van der Waals surface area contributed by atoms with Crippen LogP contribution in [0.4, 0.5) is 0 Å². The molecule has 0 aromatic carbocycles. The van der Waals surface area contributed by atoms with Gasteiger partial charge in [-0.3, -0.25) is 9.89 Å². The largest absolute Gasteiger partial charge is 0.343 e. The molecule has 1 saturated heterocycles. The molecule has 0 spiro atoms. The zero-order valence-corrected chi connectivity index (χ0v) is 14.4. The number of halogens is 2. The summed E-state index contributed by atoms with van der Waals surface area (Å²) in [4.78, 5) is 14.4. The van der Waals surface area contributed by atoms with Crippen LogP contribution in [-0.4, -0.2) is 40.1 Å². The van der Waals surface area contributed by atoms with E-state index < -0.39 is 0 Å². The lowest BCUT2D eigenvalue weighted by molar-refractivity contribution is -0.133. The number of rotatable bonds is 3. The number of carbonyl (C=O) groups excluding carboxylic acids is 1. The van der Waals surface area contributed by atoms with Crippen LogP contribution in [0.2, 0.25) is 0 Å². The van der Waals surface area contributed by atoms with Gasteiger partial charge in [-0.2, -0.15) is 5.10 Å². The Labute approximate surface area is 144 Å². The minimum absolute atomic E-state index is 0. The van der Waals surface area contributed by atoms with E-state index in [1.54, 1.807) is 0 Å². The van der Waals surface area contributed by atoms with E-state index in [0.717, 1.165) is 38.8 Å². The van der Waals surface area contributed by atoms with Crippen LogP contribution in [0.25, 0.3) is 0 Å². The molecule has 2 heterocycles. The third kappa shape index (κ3) is 4.37. The normalized spacial score (nSPS) is 25.4. The molecular weight excluding hydrogens is 323 g/mol. The first-order valence-corrected chi connectivity index (χ1v) is 7.76. The maximum absolute atomic E-state index is 12.3. The molecule has 0 unspecified atom stereocenters. The van der Waals surface area contributed by atoms with Crippen LogP contribution in [0.1, 0.15) is 50.0 Å². The lowest BCUT2D eigenvalue weighted by Gasteiger charge is -2.32. The van der Waals surface area contributed by atoms with Crippen molar-refractivity contribution in [3.63, 3.8) is 0 Å². The van der Waals surface area contributed by atoms with Crippen molar-refractivity contribution in [3.8, 4) is 0 Å². The quantitative estimate of drug-likeness (QED) is 0.880. The van der Waals surface area contributed by atoms with Crippen molar-refractivity contribution in [2.75, 3.05) is 13.1 Å². The average Bonchev–Trinajstić information content (AvgIpc) is 3.12. The zero-order valence-electron chi connectivity index (χ0n) is 12.7. The fourth-order valence-electron chi connectivity index (χ4n) is 3.62. The summed E-state index contributed by atoms with van der Waals surface area (Å²) in [5.41, 5.74) is 7.33. The number of aromatic nitrogens is 2. The van der Waals surface area contributed by atoms with Crippen molar-refractivity contribution in [2.24, 2.45) is 11.7 Å². The first-order valence-electron chi connectivity index (χ1n) is 7.76. The number of piperidine rings is 1. The van der Waals surface area contributed by atoms with E-state index in [1.807, 2.05) is 17.3 Å². The summed E-state index contributed by atoms with van der Waals surface area (Å²) in [6, 6.07) is 0.238. The second-order valence-electron chi connectivity index (χ2n) is 6.25. The van der Waals surface area contributed by atoms with Crippen LogP contribution >= 0.6 is 24.8 Å². The Bertz CT molecular complexity index is 446. The molecular formula is C15H26Cl2N4O. The maximum Gasteiger partial charge on any atom is 0.222 e. The lowest BCUT2D eigenvalue weighted by Crippen LogP contribution is -2.40. The van der Waals surface area contributed by atoms with Crippen molar-refractivity contribution in [1.29, 1.82) is 0 Å². The van der Waals surface area contributed by atoms with Crippen molar-refractivity contribution >= 4 is 30.7 Å². The molecule has 0 radical (unpaired) electrons. The summed E-state index contributed by atoms with van der Waals surface area (Å²) in [6.07, 6.45) is 10.0. The monoisotopic (exact) mass is 348 g/mol. The first-order chi connectivity index (χ1) is 9.74. The van der Waals surface area contributed by atoms with Gasteiger partial charge in [-0.25, -0.2) is 0 Å². The molecule has 5 nitrogen and oxygen atoms in total. The Balaban J connectivity index is 0.00000121. The van der Waals surface area contributed by atoms with Crippen LogP contribution < -0.4 is 5.73 Å². The lowest BCUT2D eigenvalue weighted by atomic mass is 9.91. The molecule has 1 aliphatic carbocycles. The summed E-state index contributed by atoms with van der Waals surface area (Å²) < 4.78 is 0. The summed E-state index contributed by atoms with van der Waals surface area (Å²) in [5, 5.41) is 6.88. The second-order valence-corrected chi connectivity index (χ2v) is 6.25. The van der Waals surface area contributed by atoms with Gasteiger partial charge >= 0.3 is 0 Å². The fourth-order valence-corrected chi connectivity index (χ4v) is 3.62. The van der Waals surface area contributed by atoms with E-state index in [1.165, 1.54) is 12.0 Å². The summed E-state index contributed by atoms with van der Waals surface area (Å²) in [6.45, 7) is 1.74. The highest BCUT2D eigenvalue weighted by Gasteiger charge is 2.30. The highest BCUT2D eigenvalue weighted by molar-refractivity contribution is 5.85. The molecule has 126 valence electrons. The van der Waals surface area contributed by atoms with Gasteiger partial charge in [0.25, 0.3) is 0 Å². The van der Waals surface area contributed by atoms with E-state index in [0.29, 0.717) is 24.2 Å². The average molecular weight is 349 g/mol.